The lowest BCUT2D eigenvalue weighted by atomic mass is 9.87. The zero-order valence-corrected chi connectivity index (χ0v) is 10.8. The third-order valence-electron chi connectivity index (χ3n) is 3.95. The predicted molar refractivity (Wildman–Crippen MR) is 64.5 cm³/mol. The van der Waals surface area contributed by atoms with Crippen molar-refractivity contribution in [1.82, 2.24) is 15.1 Å². The van der Waals surface area contributed by atoms with Crippen molar-refractivity contribution in [2.24, 2.45) is 5.41 Å². The van der Waals surface area contributed by atoms with Gasteiger partial charge in [0.1, 0.15) is 5.41 Å². The van der Waals surface area contributed by atoms with Crippen LogP contribution in [0, 0.1) is 16.7 Å². The third kappa shape index (κ3) is 1.90. The van der Waals surface area contributed by atoms with Crippen molar-refractivity contribution in [2.45, 2.75) is 26.3 Å². The highest BCUT2D eigenvalue weighted by Gasteiger charge is 2.41. The number of carbonyl (C=O) groups is 2. The van der Waals surface area contributed by atoms with E-state index in [0.717, 1.165) is 0 Å². The first-order valence-corrected chi connectivity index (χ1v) is 6.27. The van der Waals surface area contributed by atoms with Gasteiger partial charge in [-0.05, 0) is 13.3 Å². The lowest BCUT2D eigenvalue weighted by molar-refractivity contribution is -0.140. The maximum atomic E-state index is 12.3. The summed E-state index contributed by atoms with van der Waals surface area (Å²) < 4.78 is 0. The number of rotatable bonds is 2. The summed E-state index contributed by atoms with van der Waals surface area (Å²) >= 11 is 0. The van der Waals surface area contributed by atoms with E-state index in [4.69, 9.17) is 5.26 Å². The van der Waals surface area contributed by atoms with Crippen LogP contribution in [0.3, 0.4) is 0 Å². The highest BCUT2D eigenvalue weighted by Crippen LogP contribution is 2.25. The van der Waals surface area contributed by atoms with Crippen LogP contribution < -0.4 is 5.32 Å². The highest BCUT2D eigenvalue weighted by molar-refractivity contribution is 5.85. The molecular formula is C12H18N4O2. The van der Waals surface area contributed by atoms with Crippen LogP contribution in [0.1, 0.15) is 20.3 Å². The average molecular weight is 250 g/mol. The van der Waals surface area contributed by atoms with E-state index in [0.29, 0.717) is 32.6 Å². The van der Waals surface area contributed by atoms with Gasteiger partial charge in [-0.25, -0.2) is 4.79 Å². The number of amides is 3. The Balaban J connectivity index is 2.07. The third-order valence-corrected chi connectivity index (χ3v) is 3.95. The summed E-state index contributed by atoms with van der Waals surface area (Å²) in [6.07, 6.45) is 0.504. The Labute approximate surface area is 107 Å². The molecule has 0 radical (unpaired) electrons. The minimum atomic E-state index is -0.946. The van der Waals surface area contributed by atoms with Gasteiger partial charge in [0.05, 0.1) is 12.1 Å². The number of piperazine rings is 1. The van der Waals surface area contributed by atoms with Crippen molar-refractivity contribution in [3.05, 3.63) is 0 Å². The number of fused-ring (bicyclic) bond motifs is 1. The van der Waals surface area contributed by atoms with Crippen LogP contribution in [-0.2, 0) is 4.79 Å². The molecule has 0 bridgehead atoms. The number of nitrogens with zero attached hydrogens (tertiary/aromatic N) is 3. The van der Waals surface area contributed by atoms with Gasteiger partial charge >= 0.3 is 6.03 Å². The zero-order chi connectivity index (χ0) is 13.3. The van der Waals surface area contributed by atoms with E-state index >= 15 is 0 Å². The zero-order valence-electron chi connectivity index (χ0n) is 10.8. The molecule has 2 saturated heterocycles. The van der Waals surface area contributed by atoms with Crippen molar-refractivity contribution < 1.29 is 9.59 Å². The van der Waals surface area contributed by atoms with E-state index in [1.54, 1.807) is 16.7 Å². The molecule has 0 aromatic carbocycles. The van der Waals surface area contributed by atoms with Gasteiger partial charge < -0.3 is 15.1 Å². The molecule has 0 aliphatic carbocycles. The minimum absolute atomic E-state index is 0.0503. The number of hydrogen-bond donors (Lipinski definition) is 1. The van der Waals surface area contributed by atoms with Gasteiger partial charge in [-0.1, -0.05) is 6.92 Å². The fourth-order valence-electron chi connectivity index (χ4n) is 2.42. The Hall–Kier alpha value is -1.77. The Kier molecular flexibility index (Phi) is 3.16. The van der Waals surface area contributed by atoms with Crippen LogP contribution >= 0.6 is 0 Å². The Bertz CT molecular complexity index is 417. The van der Waals surface area contributed by atoms with Crippen molar-refractivity contribution in [3.8, 4) is 6.07 Å². The monoisotopic (exact) mass is 250 g/mol. The normalized spacial score (nSPS) is 26.1. The van der Waals surface area contributed by atoms with E-state index in [-0.39, 0.29) is 18.0 Å². The van der Waals surface area contributed by atoms with Gasteiger partial charge in [-0.3, -0.25) is 4.79 Å². The summed E-state index contributed by atoms with van der Waals surface area (Å²) in [5.74, 6) is -0.119. The van der Waals surface area contributed by atoms with Crippen LogP contribution in [0.5, 0.6) is 0 Å². The fourth-order valence-corrected chi connectivity index (χ4v) is 2.42. The van der Waals surface area contributed by atoms with Crippen LogP contribution in [0.2, 0.25) is 0 Å². The van der Waals surface area contributed by atoms with Crippen LogP contribution in [0.25, 0.3) is 0 Å². The summed E-state index contributed by atoms with van der Waals surface area (Å²) in [4.78, 5) is 27.3. The van der Waals surface area contributed by atoms with Crippen molar-refractivity contribution in [1.29, 1.82) is 5.26 Å². The quantitative estimate of drug-likeness (QED) is 0.758. The Morgan fingerprint density at radius 1 is 1.61 bits per heavy atom. The summed E-state index contributed by atoms with van der Waals surface area (Å²) in [5.41, 5.74) is -0.946. The predicted octanol–water partition coefficient (Wildman–Crippen LogP) is 0.162. The smallest absolute Gasteiger partial charge is 0.317 e. The van der Waals surface area contributed by atoms with Gasteiger partial charge in [0, 0.05) is 26.2 Å². The molecule has 0 spiro atoms. The van der Waals surface area contributed by atoms with Gasteiger partial charge in [-0.15, -0.1) is 0 Å². The molecule has 2 rings (SSSR count). The van der Waals surface area contributed by atoms with Gasteiger partial charge in [0.15, 0.2) is 0 Å². The summed E-state index contributed by atoms with van der Waals surface area (Å²) in [6, 6.07) is 2.11. The van der Waals surface area contributed by atoms with Crippen molar-refractivity contribution >= 4 is 11.9 Å². The number of urea groups is 1. The number of hydrogen-bond acceptors (Lipinski definition) is 3. The maximum Gasteiger partial charge on any atom is 0.317 e. The molecule has 98 valence electrons. The Morgan fingerprint density at radius 2 is 2.33 bits per heavy atom. The first kappa shape index (κ1) is 12.7. The standard InChI is InChI=1S/C12H18N4O2/c1-3-12(2,8-13)10(17)15-4-5-16-9(7-15)6-14-11(16)18/h9H,3-7H2,1-2H3,(H,14,18). The van der Waals surface area contributed by atoms with E-state index in [1.807, 2.05) is 6.92 Å². The second-order valence-electron chi connectivity index (χ2n) is 5.08. The van der Waals surface area contributed by atoms with Gasteiger partial charge in [0.25, 0.3) is 0 Å². The van der Waals surface area contributed by atoms with Crippen LogP contribution in [0.4, 0.5) is 4.79 Å². The second kappa shape index (κ2) is 4.48. The lowest BCUT2D eigenvalue weighted by Crippen LogP contribution is -2.56. The van der Waals surface area contributed by atoms with E-state index < -0.39 is 5.41 Å². The van der Waals surface area contributed by atoms with Crippen molar-refractivity contribution in [3.63, 3.8) is 0 Å². The molecule has 2 atom stereocenters. The molecule has 2 heterocycles. The number of nitriles is 1. The Morgan fingerprint density at radius 3 is 2.94 bits per heavy atom. The molecule has 18 heavy (non-hydrogen) atoms. The van der Waals surface area contributed by atoms with E-state index in [9.17, 15) is 9.59 Å². The summed E-state index contributed by atoms with van der Waals surface area (Å²) in [7, 11) is 0. The molecular weight excluding hydrogens is 232 g/mol. The van der Waals surface area contributed by atoms with Gasteiger partial charge in [-0.2, -0.15) is 5.26 Å². The molecule has 2 fully saturated rings. The molecule has 1 N–H and O–H groups in total. The highest BCUT2D eigenvalue weighted by atomic mass is 16.2. The minimum Gasteiger partial charge on any atom is -0.337 e. The maximum absolute atomic E-state index is 12.3. The number of carbonyl (C=O) groups excluding carboxylic acids is 2. The average Bonchev–Trinajstić information content (AvgIpc) is 2.78. The van der Waals surface area contributed by atoms with Crippen LogP contribution in [-0.4, -0.2) is 54.0 Å². The molecule has 6 nitrogen and oxygen atoms in total. The molecule has 0 aromatic heterocycles. The van der Waals surface area contributed by atoms with Crippen molar-refractivity contribution in [2.75, 3.05) is 26.2 Å². The second-order valence-corrected chi connectivity index (χ2v) is 5.08. The molecule has 2 aliphatic rings. The topological polar surface area (TPSA) is 76.4 Å². The fraction of sp³-hybridized carbons (Fsp3) is 0.750. The van der Waals surface area contributed by atoms with E-state index in [2.05, 4.69) is 11.4 Å². The van der Waals surface area contributed by atoms with E-state index in [1.165, 1.54) is 0 Å². The molecule has 0 saturated carbocycles. The first-order chi connectivity index (χ1) is 8.51. The first-order valence-electron chi connectivity index (χ1n) is 6.27. The molecule has 2 aliphatic heterocycles. The number of nitrogens with one attached hydrogen (secondary N) is 1. The lowest BCUT2D eigenvalue weighted by Gasteiger charge is -2.38. The molecule has 3 amide bonds. The summed E-state index contributed by atoms with van der Waals surface area (Å²) in [6.45, 7) is 5.69. The van der Waals surface area contributed by atoms with Crippen LogP contribution in [0.15, 0.2) is 0 Å². The molecule has 2 unspecified atom stereocenters. The largest absolute Gasteiger partial charge is 0.337 e. The van der Waals surface area contributed by atoms with Gasteiger partial charge in [0.2, 0.25) is 5.91 Å². The molecule has 6 heteroatoms. The molecule has 0 aromatic rings. The SMILES string of the molecule is CCC(C)(C#N)C(=O)N1CCN2C(=O)NCC2C1. The summed E-state index contributed by atoms with van der Waals surface area (Å²) in [5, 5.41) is 11.9.